The van der Waals surface area contributed by atoms with Gasteiger partial charge in [0.1, 0.15) is 0 Å². The number of allylic oxidation sites excluding steroid dienone is 2. The number of carbonyl (C=O) groups excluding carboxylic acids is 1. The van der Waals surface area contributed by atoms with Gasteiger partial charge in [0.25, 0.3) is 6.43 Å². The van der Waals surface area contributed by atoms with Gasteiger partial charge in [0.15, 0.2) is 5.78 Å². The monoisotopic (exact) mass is 135 g/mol. The molecule has 0 unspecified atom stereocenters. The van der Waals surface area contributed by atoms with Crippen molar-refractivity contribution >= 4 is 5.78 Å². The van der Waals surface area contributed by atoms with E-state index >= 15 is 0 Å². The fraction of sp³-hybridized carbons (Fsp3) is 0.400. The van der Waals surface area contributed by atoms with Gasteiger partial charge in [-0.25, -0.2) is 8.78 Å². The van der Waals surface area contributed by atoms with Crippen molar-refractivity contribution in [1.82, 2.24) is 0 Å². The van der Waals surface area contributed by atoms with Gasteiger partial charge < -0.3 is 5.73 Å². The topological polar surface area (TPSA) is 43.1 Å². The lowest BCUT2D eigenvalue weighted by atomic mass is 10.3. The molecule has 2 nitrogen and oxygen atoms in total. The van der Waals surface area contributed by atoms with Crippen LogP contribution >= 0.6 is 0 Å². The van der Waals surface area contributed by atoms with Crippen LogP contribution in [0.1, 0.15) is 6.92 Å². The minimum atomic E-state index is -2.73. The molecule has 0 aliphatic carbocycles. The van der Waals surface area contributed by atoms with E-state index in [9.17, 15) is 13.6 Å². The first kappa shape index (κ1) is 8.07. The molecule has 52 valence electrons. The van der Waals surface area contributed by atoms with Crippen LogP contribution in [0, 0.1) is 0 Å². The largest absolute Gasteiger partial charge is 0.397 e. The Bertz CT molecular complexity index is 142. The highest BCUT2D eigenvalue weighted by atomic mass is 19.3. The molecule has 4 heteroatoms. The van der Waals surface area contributed by atoms with Crippen LogP contribution in [0.15, 0.2) is 11.8 Å². The third-order valence-electron chi connectivity index (χ3n) is 0.622. The van der Waals surface area contributed by atoms with Crippen LogP contribution in [0.2, 0.25) is 0 Å². The first-order valence-electron chi connectivity index (χ1n) is 2.30. The molecule has 0 heterocycles. The Kier molecular flexibility index (Phi) is 2.84. The van der Waals surface area contributed by atoms with E-state index in [4.69, 9.17) is 5.73 Å². The number of nitrogens with two attached hydrogens (primary N) is 1. The zero-order valence-corrected chi connectivity index (χ0v) is 4.90. The number of carbonyl (C=O) groups is 1. The molecular formula is C5H7F2NO. The summed E-state index contributed by atoms with van der Waals surface area (Å²) >= 11 is 0. The molecule has 0 amide bonds. The molecule has 0 aromatic heterocycles. The highest BCUT2D eigenvalue weighted by molar-refractivity contribution is 5.87. The molecule has 0 aliphatic heterocycles. The molecule has 0 spiro atoms. The molecule has 0 bridgehead atoms. The smallest absolute Gasteiger partial charge is 0.277 e. The Labute approximate surface area is 51.3 Å². The highest BCUT2D eigenvalue weighted by Gasteiger charge is 2.05. The number of alkyl halides is 2. The second-order valence-corrected chi connectivity index (χ2v) is 1.56. The fourth-order valence-electron chi connectivity index (χ4n) is 0.298. The molecule has 0 aliphatic rings. The van der Waals surface area contributed by atoms with Crippen molar-refractivity contribution in [3.8, 4) is 0 Å². The van der Waals surface area contributed by atoms with E-state index in [1.165, 1.54) is 0 Å². The molecule has 0 rings (SSSR count). The van der Waals surface area contributed by atoms with Gasteiger partial charge in [0.2, 0.25) is 0 Å². The van der Waals surface area contributed by atoms with Gasteiger partial charge in [-0.05, 0) is 6.92 Å². The summed E-state index contributed by atoms with van der Waals surface area (Å²) in [6, 6.07) is 0. The van der Waals surface area contributed by atoms with Gasteiger partial charge in [0.05, 0.1) is 5.70 Å². The van der Waals surface area contributed by atoms with E-state index < -0.39 is 17.9 Å². The third-order valence-corrected chi connectivity index (χ3v) is 0.622. The standard InChI is InChI=1S/C5H7F2NO/c1-3(9)2-4(8)5(6)7/h2,5H,8H2,1H3. The van der Waals surface area contributed by atoms with Crippen molar-refractivity contribution in [3.63, 3.8) is 0 Å². The second kappa shape index (κ2) is 3.17. The number of ketones is 1. The first-order valence-corrected chi connectivity index (χ1v) is 2.30. The molecule has 0 saturated carbocycles. The zero-order chi connectivity index (χ0) is 7.44. The van der Waals surface area contributed by atoms with E-state index in [0.29, 0.717) is 6.08 Å². The number of hydrogen-bond acceptors (Lipinski definition) is 2. The molecule has 0 atom stereocenters. The van der Waals surface area contributed by atoms with E-state index in [2.05, 4.69) is 0 Å². The molecule has 9 heavy (non-hydrogen) atoms. The third kappa shape index (κ3) is 3.64. The van der Waals surface area contributed by atoms with Gasteiger partial charge in [-0.1, -0.05) is 0 Å². The minimum Gasteiger partial charge on any atom is -0.397 e. The Morgan fingerprint density at radius 2 is 2.11 bits per heavy atom. The average Bonchev–Trinajstić information content (AvgIpc) is 1.63. The summed E-state index contributed by atoms with van der Waals surface area (Å²) in [6.45, 7) is 1.16. The molecule has 0 saturated heterocycles. The summed E-state index contributed by atoms with van der Waals surface area (Å²) in [5.41, 5.74) is 4.03. The Hall–Kier alpha value is -0.930. The van der Waals surface area contributed by atoms with Gasteiger partial charge in [-0.3, -0.25) is 4.79 Å². The summed E-state index contributed by atoms with van der Waals surface area (Å²) in [5, 5.41) is 0. The molecule has 2 N–H and O–H groups in total. The average molecular weight is 135 g/mol. The summed E-state index contributed by atoms with van der Waals surface area (Å²) in [7, 11) is 0. The van der Waals surface area contributed by atoms with Crippen molar-refractivity contribution in [1.29, 1.82) is 0 Å². The molecule has 0 aromatic rings. The summed E-state index contributed by atoms with van der Waals surface area (Å²) < 4.78 is 22.9. The molecule has 0 aromatic carbocycles. The molecular weight excluding hydrogens is 128 g/mol. The van der Waals surface area contributed by atoms with Gasteiger partial charge >= 0.3 is 0 Å². The van der Waals surface area contributed by atoms with Crippen molar-refractivity contribution in [3.05, 3.63) is 11.8 Å². The Balaban J connectivity index is 4.00. The van der Waals surface area contributed by atoms with Crippen LogP contribution in [0.5, 0.6) is 0 Å². The zero-order valence-electron chi connectivity index (χ0n) is 4.90. The predicted octanol–water partition coefficient (Wildman–Crippen LogP) is 0.683. The summed E-state index contributed by atoms with van der Waals surface area (Å²) in [4.78, 5) is 10.1. The Morgan fingerprint density at radius 1 is 1.67 bits per heavy atom. The maximum absolute atomic E-state index is 11.4. The van der Waals surface area contributed by atoms with Crippen LogP contribution in [-0.2, 0) is 4.79 Å². The first-order chi connectivity index (χ1) is 4.04. The SMILES string of the molecule is CC(=O)C=C(N)C(F)F. The van der Waals surface area contributed by atoms with Crippen molar-refractivity contribution in [2.75, 3.05) is 0 Å². The van der Waals surface area contributed by atoms with Crippen LogP contribution in [0.3, 0.4) is 0 Å². The van der Waals surface area contributed by atoms with E-state index in [-0.39, 0.29) is 0 Å². The van der Waals surface area contributed by atoms with Crippen molar-refractivity contribution in [2.24, 2.45) is 5.73 Å². The normalized spacial score (nSPS) is 12.2. The second-order valence-electron chi connectivity index (χ2n) is 1.56. The van der Waals surface area contributed by atoms with Gasteiger partial charge in [-0.15, -0.1) is 0 Å². The van der Waals surface area contributed by atoms with Crippen molar-refractivity contribution in [2.45, 2.75) is 13.3 Å². The Morgan fingerprint density at radius 3 is 2.22 bits per heavy atom. The lowest BCUT2D eigenvalue weighted by Gasteiger charge is -1.94. The molecule has 0 fully saturated rings. The fourth-order valence-corrected chi connectivity index (χ4v) is 0.298. The highest BCUT2D eigenvalue weighted by Crippen LogP contribution is 2.00. The number of halogens is 2. The lowest BCUT2D eigenvalue weighted by Crippen LogP contribution is -2.08. The van der Waals surface area contributed by atoms with E-state index in [1.54, 1.807) is 0 Å². The number of hydrogen-bond donors (Lipinski definition) is 1. The van der Waals surface area contributed by atoms with Gasteiger partial charge in [0, 0.05) is 6.08 Å². The summed E-state index contributed by atoms with van der Waals surface area (Å²) in [6.07, 6.45) is -2.01. The lowest BCUT2D eigenvalue weighted by molar-refractivity contribution is -0.112. The van der Waals surface area contributed by atoms with Crippen LogP contribution in [-0.4, -0.2) is 12.2 Å². The maximum Gasteiger partial charge on any atom is 0.277 e. The van der Waals surface area contributed by atoms with Crippen LogP contribution in [0.4, 0.5) is 8.78 Å². The van der Waals surface area contributed by atoms with Crippen molar-refractivity contribution < 1.29 is 13.6 Å². The molecule has 0 radical (unpaired) electrons. The summed E-state index contributed by atoms with van der Waals surface area (Å²) in [5.74, 6) is -0.465. The quantitative estimate of drug-likeness (QED) is 0.566. The van der Waals surface area contributed by atoms with Crippen LogP contribution in [0.25, 0.3) is 0 Å². The predicted molar refractivity (Wildman–Crippen MR) is 29.0 cm³/mol. The number of rotatable bonds is 2. The maximum atomic E-state index is 11.4. The van der Waals surface area contributed by atoms with E-state index in [0.717, 1.165) is 6.92 Å². The van der Waals surface area contributed by atoms with Crippen LogP contribution < -0.4 is 5.73 Å². The van der Waals surface area contributed by atoms with Gasteiger partial charge in [-0.2, -0.15) is 0 Å². The van der Waals surface area contributed by atoms with E-state index in [1.807, 2.05) is 0 Å². The minimum absolute atomic E-state index is 0.465.